The Balaban J connectivity index is 2.92. The zero-order valence-corrected chi connectivity index (χ0v) is 20.0. The number of rotatable bonds is 15. The highest BCUT2D eigenvalue weighted by Gasteiger charge is 2.27. The van der Waals surface area contributed by atoms with Crippen molar-refractivity contribution in [3.05, 3.63) is 28.7 Å². The lowest BCUT2D eigenvalue weighted by Gasteiger charge is -2.27. The Morgan fingerprint density at radius 3 is 2.24 bits per heavy atom. The number of aliphatic carboxylic acids is 1. The summed E-state index contributed by atoms with van der Waals surface area (Å²) in [5, 5.41) is 9.11. The normalized spacial score (nSPS) is 13.1. The zero-order valence-electron chi connectivity index (χ0n) is 17.6. The summed E-state index contributed by atoms with van der Waals surface area (Å²) >= 11 is 3.38. The third-order valence-corrected chi connectivity index (χ3v) is 6.82. The van der Waals surface area contributed by atoms with Gasteiger partial charge in [-0.3, -0.25) is 13.8 Å². The molecule has 0 radical (unpaired) electrons. The van der Waals surface area contributed by atoms with Gasteiger partial charge in [-0.1, -0.05) is 61.5 Å². The van der Waals surface area contributed by atoms with E-state index in [2.05, 4.69) is 29.8 Å². The van der Waals surface area contributed by atoms with E-state index in [1.807, 2.05) is 17.0 Å². The van der Waals surface area contributed by atoms with Gasteiger partial charge in [-0.2, -0.15) is 0 Å². The fourth-order valence-corrected chi connectivity index (χ4v) is 5.07. The predicted molar refractivity (Wildman–Crippen MR) is 121 cm³/mol. The first-order valence-electron chi connectivity index (χ1n) is 10.5. The van der Waals surface area contributed by atoms with Gasteiger partial charge in [0.05, 0.1) is 16.7 Å². The molecule has 0 fully saturated rings. The van der Waals surface area contributed by atoms with E-state index in [1.54, 1.807) is 12.1 Å². The molecule has 0 saturated carbocycles. The van der Waals surface area contributed by atoms with Crippen molar-refractivity contribution in [2.45, 2.75) is 70.1 Å². The topological polar surface area (TPSA) is 74.7 Å². The summed E-state index contributed by atoms with van der Waals surface area (Å²) in [7, 11) is -1.36. The average molecular weight is 488 g/mol. The van der Waals surface area contributed by atoms with Gasteiger partial charge in [-0.15, -0.1) is 0 Å². The highest BCUT2D eigenvalue weighted by atomic mass is 79.9. The van der Waals surface area contributed by atoms with Gasteiger partial charge in [0.15, 0.2) is 0 Å². The predicted octanol–water partition coefficient (Wildman–Crippen LogP) is 5.25. The summed E-state index contributed by atoms with van der Waals surface area (Å²) in [5.74, 6) is -1.38. The molecule has 0 heterocycles. The molecule has 0 aliphatic rings. The van der Waals surface area contributed by atoms with Crippen LogP contribution in [-0.2, 0) is 20.4 Å². The van der Waals surface area contributed by atoms with Crippen LogP contribution < -0.4 is 0 Å². The molecule has 7 heteroatoms. The number of hydrogen-bond donors (Lipinski definition) is 1. The third kappa shape index (κ3) is 10.4. The van der Waals surface area contributed by atoms with E-state index < -0.39 is 22.7 Å². The second kappa shape index (κ2) is 14.7. The smallest absolute Gasteiger partial charge is 0.303 e. The van der Waals surface area contributed by atoms with Gasteiger partial charge in [0, 0.05) is 34.6 Å². The van der Waals surface area contributed by atoms with Gasteiger partial charge in [0.1, 0.15) is 0 Å². The van der Waals surface area contributed by atoms with Crippen molar-refractivity contribution in [2.75, 3.05) is 18.8 Å². The van der Waals surface area contributed by atoms with Crippen molar-refractivity contribution in [3.63, 3.8) is 0 Å². The summed E-state index contributed by atoms with van der Waals surface area (Å²) < 4.78 is 13.7. The summed E-state index contributed by atoms with van der Waals surface area (Å²) in [5.41, 5.74) is 0. The number of benzene rings is 1. The summed E-state index contributed by atoms with van der Waals surface area (Å²) in [6.45, 7) is 5.62. The Bertz CT molecular complexity index is 658. The lowest BCUT2D eigenvalue weighted by atomic mass is 10.0. The molecule has 0 aliphatic heterocycles. The minimum absolute atomic E-state index is 0.0539. The van der Waals surface area contributed by atoms with E-state index in [4.69, 9.17) is 5.11 Å². The zero-order chi connectivity index (χ0) is 21.6. The number of amides is 1. The van der Waals surface area contributed by atoms with Gasteiger partial charge >= 0.3 is 5.97 Å². The van der Waals surface area contributed by atoms with Crippen LogP contribution in [0.4, 0.5) is 0 Å². The van der Waals surface area contributed by atoms with Crippen molar-refractivity contribution < 1.29 is 18.9 Å². The number of carboxylic acid groups (broad SMARTS) is 1. The first-order valence-corrected chi connectivity index (χ1v) is 12.6. The molecule has 0 bridgehead atoms. The van der Waals surface area contributed by atoms with Gasteiger partial charge < -0.3 is 10.0 Å². The van der Waals surface area contributed by atoms with E-state index in [0.717, 1.165) is 43.0 Å². The Kier molecular flexibility index (Phi) is 13.1. The van der Waals surface area contributed by atoms with Crippen molar-refractivity contribution in [1.82, 2.24) is 4.90 Å². The van der Waals surface area contributed by atoms with Crippen LogP contribution in [0, 0.1) is 5.92 Å². The van der Waals surface area contributed by atoms with Gasteiger partial charge in [0.2, 0.25) is 5.91 Å². The van der Waals surface area contributed by atoms with Crippen LogP contribution in [0.2, 0.25) is 0 Å². The first kappa shape index (κ1) is 25.8. The third-order valence-electron chi connectivity index (χ3n) is 4.84. The number of hydrogen-bond acceptors (Lipinski definition) is 3. The van der Waals surface area contributed by atoms with Crippen LogP contribution in [0.5, 0.6) is 0 Å². The quantitative estimate of drug-likeness (QED) is 0.343. The highest BCUT2D eigenvalue weighted by Crippen LogP contribution is 2.20. The lowest BCUT2D eigenvalue weighted by Crippen LogP contribution is -2.39. The molecule has 1 amide bonds. The van der Waals surface area contributed by atoms with Crippen molar-refractivity contribution in [3.8, 4) is 0 Å². The molecule has 1 N–H and O–H groups in total. The van der Waals surface area contributed by atoms with E-state index >= 15 is 0 Å². The first-order chi connectivity index (χ1) is 13.9. The standard InChI is InChI=1S/C22H34BrNO4S/c1-3-5-7-14-24(15-8-6-4-2)22(27)18(12-13-21(25)26)17-29(28)20-11-9-10-19(23)16-20/h9-11,16,18H,3-8,12-15,17H2,1-2H3,(H,25,26). The van der Waals surface area contributed by atoms with E-state index in [-0.39, 0.29) is 24.5 Å². The Morgan fingerprint density at radius 1 is 1.10 bits per heavy atom. The Hall–Kier alpha value is -1.21. The van der Waals surface area contributed by atoms with E-state index in [0.29, 0.717) is 18.0 Å². The molecule has 2 atom stereocenters. The molecule has 0 aliphatic carbocycles. The van der Waals surface area contributed by atoms with Crippen molar-refractivity contribution in [1.29, 1.82) is 0 Å². The SMILES string of the molecule is CCCCCN(CCCCC)C(=O)C(CCC(=O)O)CS(=O)c1cccc(Br)c1. The maximum atomic E-state index is 13.3. The summed E-state index contributed by atoms with van der Waals surface area (Å²) in [6, 6.07) is 7.24. The van der Waals surface area contributed by atoms with Crippen LogP contribution in [0.1, 0.15) is 65.2 Å². The number of nitrogens with zero attached hydrogens (tertiary/aromatic N) is 1. The fourth-order valence-electron chi connectivity index (χ4n) is 3.16. The Labute approximate surface area is 185 Å². The monoisotopic (exact) mass is 487 g/mol. The lowest BCUT2D eigenvalue weighted by molar-refractivity contribution is -0.138. The largest absolute Gasteiger partial charge is 0.481 e. The molecule has 0 aromatic heterocycles. The number of unbranched alkanes of at least 4 members (excludes halogenated alkanes) is 4. The summed E-state index contributed by atoms with van der Waals surface area (Å²) in [6.07, 6.45) is 6.26. The second-order valence-electron chi connectivity index (χ2n) is 7.34. The van der Waals surface area contributed by atoms with Gasteiger partial charge in [-0.05, 0) is 37.5 Å². The van der Waals surface area contributed by atoms with Crippen LogP contribution in [0.25, 0.3) is 0 Å². The number of carbonyl (C=O) groups excluding carboxylic acids is 1. The fraction of sp³-hybridized carbons (Fsp3) is 0.636. The van der Waals surface area contributed by atoms with Crippen LogP contribution in [0.15, 0.2) is 33.6 Å². The molecule has 1 rings (SSSR count). The van der Waals surface area contributed by atoms with Crippen molar-refractivity contribution in [2.24, 2.45) is 5.92 Å². The van der Waals surface area contributed by atoms with E-state index in [9.17, 15) is 13.8 Å². The Morgan fingerprint density at radius 2 is 1.72 bits per heavy atom. The maximum Gasteiger partial charge on any atom is 0.303 e. The molecule has 29 heavy (non-hydrogen) atoms. The summed E-state index contributed by atoms with van der Waals surface area (Å²) in [4.78, 5) is 26.9. The average Bonchev–Trinajstić information content (AvgIpc) is 2.69. The molecular weight excluding hydrogens is 454 g/mol. The van der Waals surface area contributed by atoms with Crippen molar-refractivity contribution >= 4 is 38.6 Å². The highest BCUT2D eigenvalue weighted by molar-refractivity contribution is 9.10. The number of halogens is 1. The molecule has 164 valence electrons. The number of carboxylic acids is 1. The van der Waals surface area contributed by atoms with E-state index in [1.165, 1.54) is 0 Å². The molecule has 5 nitrogen and oxygen atoms in total. The van der Waals surface area contributed by atoms with Crippen LogP contribution in [-0.4, -0.2) is 44.9 Å². The number of carbonyl (C=O) groups is 2. The molecular formula is C22H34BrNO4S. The van der Waals surface area contributed by atoms with Gasteiger partial charge in [0.25, 0.3) is 0 Å². The molecule has 2 unspecified atom stereocenters. The minimum atomic E-state index is -1.36. The van der Waals surface area contributed by atoms with Crippen LogP contribution in [0.3, 0.4) is 0 Å². The maximum absolute atomic E-state index is 13.3. The van der Waals surface area contributed by atoms with Crippen LogP contribution >= 0.6 is 15.9 Å². The molecule has 0 saturated heterocycles. The minimum Gasteiger partial charge on any atom is -0.481 e. The van der Waals surface area contributed by atoms with Gasteiger partial charge in [-0.25, -0.2) is 0 Å². The second-order valence-corrected chi connectivity index (χ2v) is 9.75. The molecule has 0 spiro atoms. The molecule has 1 aromatic rings. The molecule has 1 aromatic carbocycles.